The van der Waals surface area contributed by atoms with E-state index < -0.39 is 0 Å². The van der Waals surface area contributed by atoms with Gasteiger partial charge in [-0.15, -0.1) is 0 Å². The maximum Gasteiger partial charge on any atom is 0.192 e. The summed E-state index contributed by atoms with van der Waals surface area (Å²) in [5.74, 6) is -0.0378. The molecular formula is C8H9BrClN3. The van der Waals surface area contributed by atoms with Crippen molar-refractivity contribution in [2.75, 3.05) is 11.9 Å². The van der Waals surface area contributed by atoms with Crippen LogP contribution >= 0.6 is 27.5 Å². The SMILES string of the molecule is CN(C(=N)N)c1ccc(Br)cc1Cl. The van der Waals surface area contributed by atoms with E-state index in [4.69, 9.17) is 22.7 Å². The van der Waals surface area contributed by atoms with E-state index in [0.717, 1.165) is 10.2 Å². The molecule has 0 unspecified atom stereocenters. The lowest BCUT2D eigenvalue weighted by atomic mass is 10.3. The van der Waals surface area contributed by atoms with Gasteiger partial charge in [-0.2, -0.15) is 0 Å². The van der Waals surface area contributed by atoms with Gasteiger partial charge in [-0.05, 0) is 18.2 Å². The molecule has 5 heteroatoms. The molecule has 13 heavy (non-hydrogen) atoms. The minimum Gasteiger partial charge on any atom is -0.370 e. The molecule has 0 aromatic heterocycles. The molecular weight excluding hydrogens is 253 g/mol. The zero-order valence-electron chi connectivity index (χ0n) is 7.01. The summed E-state index contributed by atoms with van der Waals surface area (Å²) in [5.41, 5.74) is 6.03. The Morgan fingerprint density at radius 1 is 1.62 bits per heavy atom. The van der Waals surface area contributed by atoms with Crippen molar-refractivity contribution in [1.82, 2.24) is 0 Å². The van der Waals surface area contributed by atoms with Gasteiger partial charge in [0.25, 0.3) is 0 Å². The van der Waals surface area contributed by atoms with Crippen LogP contribution in [0.1, 0.15) is 0 Å². The molecule has 1 aromatic carbocycles. The quantitative estimate of drug-likeness (QED) is 0.603. The summed E-state index contributed by atoms with van der Waals surface area (Å²) in [5, 5.41) is 7.78. The van der Waals surface area contributed by atoms with Gasteiger partial charge < -0.3 is 10.6 Å². The molecule has 3 N–H and O–H groups in total. The van der Waals surface area contributed by atoms with Crippen LogP contribution in [0.25, 0.3) is 0 Å². The number of benzene rings is 1. The number of rotatable bonds is 1. The maximum absolute atomic E-state index is 7.22. The molecule has 0 spiro atoms. The van der Waals surface area contributed by atoms with Crippen molar-refractivity contribution in [2.24, 2.45) is 5.73 Å². The van der Waals surface area contributed by atoms with Gasteiger partial charge in [-0.1, -0.05) is 27.5 Å². The average Bonchev–Trinajstić information content (AvgIpc) is 2.03. The first-order valence-electron chi connectivity index (χ1n) is 3.55. The third-order valence-corrected chi connectivity index (χ3v) is 2.43. The lowest BCUT2D eigenvalue weighted by molar-refractivity contribution is 1.20. The second-order valence-corrected chi connectivity index (χ2v) is 3.86. The number of nitrogens with zero attached hydrogens (tertiary/aromatic N) is 1. The standard InChI is InChI=1S/C8H9BrClN3/c1-13(8(11)12)7-3-2-5(9)4-6(7)10/h2-4H,1H3,(H3,11,12). The second-order valence-electron chi connectivity index (χ2n) is 2.54. The molecule has 0 amide bonds. The van der Waals surface area contributed by atoms with Crippen LogP contribution in [0.4, 0.5) is 5.69 Å². The topological polar surface area (TPSA) is 53.1 Å². The first-order chi connectivity index (χ1) is 6.02. The monoisotopic (exact) mass is 261 g/mol. The molecule has 70 valence electrons. The number of anilines is 1. The summed E-state index contributed by atoms with van der Waals surface area (Å²) in [4.78, 5) is 1.51. The highest BCUT2D eigenvalue weighted by Crippen LogP contribution is 2.27. The van der Waals surface area contributed by atoms with Crippen LogP contribution in [0.5, 0.6) is 0 Å². The molecule has 0 aliphatic rings. The van der Waals surface area contributed by atoms with Crippen LogP contribution < -0.4 is 10.6 Å². The minimum atomic E-state index is -0.0378. The predicted molar refractivity (Wildman–Crippen MR) is 59.5 cm³/mol. The van der Waals surface area contributed by atoms with Gasteiger partial charge in [0.2, 0.25) is 0 Å². The molecule has 3 nitrogen and oxygen atoms in total. The zero-order chi connectivity index (χ0) is 10.0. The lowest BCUT2D eigenvalue weighted by Crippen LogP contribution is -2.32. The van der Waals surface area contributed by atoms with Crippen molar-refractivity contribution in [3.8, 4) is 0 Å². The normalized spacial score (nSPS) is 9.77. The van der Waals surface area contributed by atoms with Crippen LogP contribution in [0.15, 0.2) is 22.7 Å². The molecule has 0 fully saturated rings. The van der Waals surface area contributed by atoms with Gasteiger partial charge in [0.1, 0.15) is 0 Å². The Morgan fingerprint density at radius 2 is 2.23 bits per heavy atom. The van der Waals surface area contributed by atoms with Crippen LogP contribution in [-0.2, 0) is 0 Å². The average molecular weight is 263 g/mol. The van der Waals surface area contributed by atoms with Gasteiger partial charge in [0, 0.05) is 11.5 Å². The summed E-state index contributed by atoms with van der Waals surface area (Å²) in [6.45, 7) is 0. The fourth-order valence-electron chi connectivity index (χ4n) is 0.883. The third kappa shape index (κ3) is 2.35. The number of nitrogens with two attached hydrogens (primary N) is 1. The Bertz CT molecular complexity index is 340. The van der Waals surface area contributed by atoms with E-state index in [2.05, 4.69) is 15.9 Å². The number of hydrogen-bond acceptors (Lipinski definition) is 1. The van der Waals surface area contributed by atoms with E-state index in [0.29, 0.717) is 5.02 Å². The summed E-state index contributed by atoms with van der Waals surface area (Å²) in [6.07, 6.45) is 0. The summed E-state index contributed by atoms with van der Waals surface area (Å²) in [6, 6.07) is 5.41. The highest BCUT2D eigenvalue weighted by molar-refractivity contribution is 9.10. The van der Waals surface area contributed by atoms with Crippen LogP contribution in [-0.4, -0.2) is 13.0 Å². The van der Waals surface area contributed by atoms with Gasteiger partial charge in [-0.25, -0.2) is 0 Å². The largest absolute Gasteiger partial charge is 0.370 e. The van der Waals surface area contributed by atoms with Gasteiger partial charge in [0.15, 0.2) is 5.96 Å². The molecule has 0 aliphatic heterocycles. The minimum absolute atomic E-state index is 0.0378. The molecule has 0 radical (unpaired) electrons. The van der Waals surface area contributed by atoms with E-state index in [1.807, 2.05) is 6.07 Å². The van der Waals surface area contributed by atoms with Crippen molar-refractivity contribution in [3.05, 3.63) is 27.7 Å². The molecule has 0 saturated carbocycles. The highest BCUT2D eigenvalue weighted by Gasteiger charge is 2.07. The number of halogens is 2. The number of nitrogens with one attached hydrogen (secondary N) is 1. The zero-order valence-corrected chi connectivity index (χ0v) is 9.35. The van der Waals surface area contributed by atoms with Gasteiger partial charge in [-0.3, -0.25) is 5.41 Å². The Balaban J connectivity index is 3.08. The first-order valence-corrected chi connectivity index (χ1v) is 4.72. The van der Waals surface area contributed by atoms with Crippen molar-refractivity contribution >= 4 is 39.2 Å². The smallest absolute Gasteiger partial charge is 0.192 e. The fourth-order valence-corrected chi connectivity index (χ4v) is 1.68. The highest BCUT2D eigenvalue weighted by atomic mass is 79.9. The number of hydrogen-bond donors (Lipinski definition) is 2. The molecule has 1 rings (SSSR count). The molecule has 0 bridgehead atoms. The number of guanidine groups is 1. The van der Waals surface area contributed by atoms with Gasteiger partial charge >= 0.3 is 0 Å². The second kappa shape index (κ2) is 3.98. The predicted octanol–water partition coefficient (Wildman–Crippen LogP) is 2.43. The molecule has 1 aromatic rings. The summed E-state index contributed by atoms with van der Waals surface area (Å²) in [7, 11) is 1.69. The van der Waals surface area contributed by atoms with Gasteiger partial charge in [0.05, 0.1) is 10.7 Å². The Morgan fingerprint density at radius 3 is 2.69 bits per heavy atom. The van der Waals surface area contributed by atoms with Crippen molar-refractivity contribution in [1.29, 1.82) is 5.41 Å². The van der Waals surface area contributed by atoms with Crippen LogP contribution in [0.2, 0.25) is 5.02 Å². The Kier molecular flexibility index (Phi) is 3.17. The van der Waals surface area contributed by atoms with Crippen molar-refractivity contribution < 1.29 is 0 Å². The van der Waals surface area contributed by atoms with E-state index in [9.17, 15) is 0 Å². The summed E-state index contributed by atoms with van der Waals surface area (Å²) < 4.78 is 0.901. The Labute approximate surface area is 90.1 Å². The third-order valence-electron chi connectivity index (χ3n) is 1.63. The van der Waals surface area contributed by atoms with Crippen molar-refractivity contribution in [3.63, 3.8) is 0 Å². The summed E-state index contributed by atoms with van der Waals surface area (Å²) >= 11 is 9.24. The van der Waals surface area contributed by atoms with Crippen LogP contribution in [0, 0.1) is 5.41 Å². The van der Waals surface area contributed by atoms with E-state index in [1.165, 1.54) is 4.90 Å². The van der Waals surface area contributed by atoms with E-state index in [1.54, 1.807) is 19.2 Å². The first kappa shape index (κ1) is 10.3. The van der Waals surface area contributed by atoms with E-state index >= 15 is 0 Å². The lowest BCUT2D eigenvalue weighted by Gasteiger charge is -2.17. The fraction of sp³-hybridized carbons (Fsp3) is 0.125. The van der Waals surface area contributed by atoms with E-state index in [-0.39, 0.29) is 5.96 Å². The Hall–Kier alpha value is -0.740. The van der Waals surface area contributed by atoms with Crippen molar-refractivity contribution in [2.45, 2.75) is 0 Å². The molecule has 0 saturated heterocycles. The molecule has 0 heterocycles. The molecule has 0 aliphatic carbocycles. The maximum atomic E-state index is 7.22. The van der Waals surface area contributed by atoms with Crippen LogP contribution in [0.3, 0.4) is 0 Å². The molecule has 0 atom stereocenters.